The van der Waals surface area contributed by atoms with E-state index in [-0.39, 0.29) is 0 Å². The summed E-state index contributed by atoms with van der Waals surface area (Å²) in [5, 5.41) is 14.2. The summed E-state index contributed by atoms with van der Waals surface area (Å²) in [6, 6.07) is 77.8. The first-order chi connectivity index (χ1) is 31.7. The molecule has 2 aromatic heterocycles. The van der Waals surface area contributed by atoms with Crippen molar-refractivity contribution in [2.75, 3.05) is 0 Å². The van der Waals surface area contributed by atoms with Gasteiger partial charge in [0.1, 0.15) is 0 Å². The molecule has 0 spiro atoms. The molecule has 0 unspecified atom stereocenters. The summed E-state index contributed by atoms with van der Waals surface area (Å²) in [4.78, 5) is 20.0. The van der Waals surface area contributed by atoms with Gasteiger partial charge in [0.05, 0.1) is 0 Å². The quantitative estimate of drug-likeness (QED) is 0.174. The van der Waals surface area contributed by atoms with Crippen molar-refractivity contribution in [1.29, 1.82) is 0 Å². The van der Waals surface area contributed by atoms with Gasteiger partial charge in [-0.3, -0.25) is 4.98 Å². The maximum Gasteiger partial charge on any atom is 0.164 e. The zero-order chi connectivity index (χ0) is 42.4. The molecule has 298 valence electrons. The van der Waals surface area contributed by atoms with Gasteiger partial charge in [-0.05, 0) is 99.0 Å². The van der Waals surface area contributed by atoms with Crippen molar-refractivity contribution in [3.63, 3.8) is 0 Å². The summed E-state index contributed by atoms with van der Waals surface area (Å²) < 4.78 is 0. The predicted molar refractivity (Wildman–Crippen MR) is 267 cm³/mol. The lowest BCUT2D eigenvalue weighted by molar-refractivity contribution is 1.07. The number of nitrogens with zero attached hydrogens (tertiary/aromatic N) is 4. The highest BCUT2D eigenvalue weighted by molar-refractivity contribution is 6.26. The first kappa shape index (κ1) is 37.2. The predicted octanol–water partition coefficient (Wildman–Crippen LogP) is 15.6. The van der Waals surface area contributed by atoms with Gasteiger partial charge in [0.25, 0.3) is 0 Å². The molecule has 12 aromatic rings. The van der Waals surface area contributed by atoms with Gasteiger partial charge in [-0.1, -0.05) is 206 Å². The molecule has 0 aliphatic rings. The summed E-state index contributed by atoms with van der Waals surface area (Å²) in [6.07, 6.45) is 3.68. The van der Waals surface area contributed by atoms with Crippen LogP contribution >= 0.6 is 0 Å². The molecule has 4 nitrogen and oxygen atoms in total. The van der Waals surface area contributed by atoms with E-state index in [2.05, 4.69) is 217 Å². The lowest BCUT2D eigenvalue weighted by atomic mass is 9.94. The monoisotopic (exact) mass is 814 g/mol. The summed E-state index contributed by atoms with van der Waals surface area (Å²) >= 11 is 0. The van der Waals surface area contributed by atoms with E-state index in [1.807, 2.05) is 12.3 Å². The molecule has 0 fully saturated rings. The minimum Gasteiger partial charge on any atom is -0.264 e. The molecule has 0 saturated carbocycles. The van der Waals surface area contributed by atoms with Crippen LogP contribution in [-0.4, -0.2) is 19.9 Å². The summed E-state index contributed by atoms with van der Waals surface area (Å²) in [7, 11) is 0. The van der Waals surface area contributed by atoms with Crippen molar-refractivity contribution in [1.82, 2.24) is 19.9 Å². The van der Waals surface area contributed by atoms with E-state index in [4.69, 9.17) is 15.0 Å². The fourth-order valence-electron chi connectivity index (χ4n) is 9.34. The average molecular weight is 815 g/mol. The summed E-state index contributed by atoms with van der Waals surface area (Å²) in [6.45, 7) is 0. The molecule has 4 heteroatoms. The molecule has 12 rings (SSSR count). The second-order valence-corrected chi connectivity index (χ2v) is 16.2. The van der Waals surface area contributed by atoms with E-state index in [1.165, 1.54) is 54.0 Å². The van der Waals surface area contributed by atoms with E-state index in [0.29, 0.717) is 17.5 Å². The second kappa shape index (κ2) is 15.7. The smallest absolute Gasteiger partial charge is 0.164 e. The lowest BCUT2D eigenvalue weighted by Crippen LogP contribution is -2.00. The van der Waals surface area contributed by atoms with Crippen molar-refractivity contribution in [2.24, 2.45) is 0 Å². The number of hydrogen-bond donors (Lipinski definition) is 0. The number of benzene rings is 9. The molecule has 64 heavy (non-hydrogen) atoms. The van der Waals surface area contributed by atoms with Crippen LogP contribution in [0.25, 0.3) is 121 Å². The van der Waals surface area contributed by atoms with Gasteiger partial charge in [0.15, 0.2) is 17.5 Å². The van der Waals surface area contributed by atoms with Crippen LogP contribution in [0.3, 0.4) is 0 Å². The largest absolute Gasteiger partial charge is 0.264 e. The fourth-order valence-corrected chi connectivity index (χ4v) is 9.34. The van der Waals surface area contributed by atoms with E-state index in [0.717, 1.165) is 49.5 Å². The highest BCUT2D eigenvalue weighted by Crippen LogP contribution is 2.38. The molecule has 0 aliphatic carbocycles. The Hall–Kier alpha value is -8.60. The molecule has 0 N–H and O–H groups in total. The molecule has 2 heterocycles. The van der Waals surface area contributed by atoms with Gasteiger partial charge in [0, 0.05) is 29.1 Å². The lowest BCUT2D eigenvalue weighted by Gasteiger charge is -2.12. The van der Waals surface area contributed by atoms with Crippen LogP contribution in [0.1, 0.15) is 0 Å². The maximum absolute atomic E-state index is 5.28. The molecule has 0 aliphatic heterocycles. The van der Waals surface area contributed by atoms with E-state index in [9.17, 15) is 0 Å². The Balaban J connectivity index is 1.10. The molecule has 0 bridgehead atoms. The molecule has 0 radical (unpaired) electrons. The zero-order valence-corrected chi connectivity index (χ0v) is 34.7. The summed E-state index contributed by atoms with van der Waals surface area (Å²) in [5.41, 5.74) is 7.17. The van der Waals surface area contributed by atoms with Gasteiger partial charge < -0.3 is 0 Å². The van der Waals surface area contributed by atoms with Gasteiger partial charge in [-0.15, -0.1) is 0 Å². The SMILES string of the molecule is c1cncc(-c2ccc(-c3nc(-c4ccc(-c5cccc6ccccc56)cc4)nc(-c4ccc5c6ccccc6c6ccccc6c6ccccc6c6ccccc6c5c4)n3)cc2)c1. The second-order valence-electron chi connectivity index (χ2n) is 16.2. The Morgan fingerprint density at radius 3 is 1.12 bits per heavy atom. The van der Waals surface area contributed by atoms with Crippen LogP contribution in [0.5, 0.6) is 0 Å². The number of fused-ring (bicyclic) bond motifs is 11. The van der Waals surface area contributed by atoms with Crippen molar-refractivity contribution in [3.05, 3.63) is 231 Å². The Morgan fingerprint density at radius 1 is 0.234 bits per heavy atom. The van der Waals surface area contributed by atoms with Crippen molar-refractivity contribution in [2.45, 2.75) is 0 Å². The third-order valence-electron chi connectivity index (χ3n) is 12.5. The minimum atomic E-state index is 0.603. The Kier molecular flexibility index (Phi) is 9.12. The highest BCUT2D eigenvalue weighted by Gasteiger charge is 2.16. The van der Waals surface area contributed by atoms with Crippen LogP contribution in [0, 0.1) is 0 Å². The van der Waals surface area contributed by atoms with Gasteiger partial charge in [-0.25, -0.2) is 15.0 Å². The van der Waals surface area contributed by atoms with Crippen molar-refractivity contribution < 1.29 is 0 Å². The van der Waals surface area contributed by atoms with Crippen molar-refractivity contribution in [3.8, 4) is 56.4 Å². The number of hydrogen-bond acceptors (Lipinski definition) is 4. The fraction of sp³-hybridized carbons (Fsp3) is 0. The number of pyridine rings is 1. The maximum atomic E-state index is 5.28. The van der Waals surface area contributed by atoms with Crippen LogP contribution in [0.2, 0.25) is 0 Å². The Morgan fingerprint density at radius 2 is 0.625 bits per heavy atom. The topological polar surface area (TPSA) is 51.6 Å². The Bertz CT molecular complexity index is 3740. The van der Waals surface area contributed by atoms with Crippen LogP contribution < -0.4 is 0 Å². The third-order valence-corrected chi connectivity index (χ3v) is 12.5. The molecule has 0 atom stereocenters. The van der Waals surface area contributed by atoms with E-state index >= 15 is 0 Å². The van der Waals surface area contributed by atoms with Gasteiger partial charge in [0.2, 0.25) is 0 Å². The first-order valence-corrected chi connectivity index (χ1v) is 21.6. The molecule has 0 saturated heterocycles. The first-order valence-electron chi connectivity index (χ1n) is 21.6. The number of aromatic nitrogens is 4. The Labute approximate surface area is 370 Å². The zero-order valence-electron chi connectivity index (χ0n) is 34.7. The highest BCUT2D eigenvalue weighted by atomic mass is 15.0. The van der Waals surface area contributed by atoms with Crippen LogP contribution in [-0.2, 0) is 0 Å². The van der Waals surface area contributed by atoms with Gasteiger partial charge in [-0.2, -0.15) is 0 Å². The van der Waals surface area contributed by atoms with E-state index < -0.39 is 0 Å². The third kappa shape index (κ3) is 6.57. The van der Waals surface area contributed by atoms with Crippen molar-refractivity contribution >= 4 is 64.6 Å². The minimum absolute atomic E-state index is 0.603. The standard InChI is InChI=1S/C60H38N4/c1-2-16-46-40(13-1)14-11-25-47(46)41-28-32-43(33-29-41)59-62-58(42-30-26-39(27-31-42)45-15-12-36-61-38-45)63-60(64-59)44-34-35-56-54-23-8-7-21-52(54)50-19-4-3-17-48(50)49-18-5-6-20-51(49)53-22-9-10-24-55(53)57(56)37-44/h1-38H. The van der Waals surface area contributed by atoms with Gasteiger partial charge >= 0.3 is 0 Å². The molecule has 10 aromatic carbocycles. The van der Waals surface area contributed by atoms with Crippen LogP contribution in [0.15, 0.2) is 231 Å². The van der Waals surface area contributed by atoms with Crippen LogP contribution in [0.4, 0.5) is 0 Å². The summed E-state index contributed by atoms with van der Waals surface area (Å²) in [5.74, 6) is 1.81. The number of rotatable bonds is 5. The molecular weight excluding hydrogens is 777 g/mol. The average Bonchev–Trinajstić information content (AvgIpc) is 3.38. The normalized spacial score (nSPS) is 11.4. The molecule has 0 amide bonds. The van der Waals surface area contributed by atoms with E-state index in [1.54, 1.807) is 6.20 Å². The molecular formula is C60H38N4.